The normalized spacial score (nSPS) is 12.3. The summed E-state index contributed by atoms with van der Waals surface area (Å²) in [5.41, 5.74) is -0.371. The number of rotatable bonds is 9. The fraction of sp³-hybridized carbons (Fsp3) is 0.769. The van der Waals surface area contributed by atoms with Crippen LogP contribution in [0, 0.1) is 0 Å². The molecule has 0 atom stereocenters. The van der Waals surface area contributed by atoms with Gasteiger partial charge in [-0.15, -0.1) is 0 Å². The zero-order valence-electron chi connectivity index (χ0n) is 11.4. The molecule has 0 amide bonds. The molecule has 0 aliphatic rings. The highest BCUT2D eigenvalue weighted by atomic mass is 19.4. The van der Waals surface area contributed by atoms with Crippen molar-refractivity contribution in [2.24, 2.45) is 0 Å². The minimum absolute atomic E-state index is 0.0545. The predicted molar refractivity (Wildman–Crippen MR) is 64.2 cm³/mol. The molecule has 0 saturated heterocycles. The summed E-state index contributed by atoms with van der Waals surface area (Å²) in [5.74, 6) is -1.71. The Kier molecular flexibility index (Phi) is 7.75. The van der Waals surface area contributed by atoms with Crippen LogP contribution in [0.5, 0.6) is 0 Å². The molecule has 0 aromatic heterocycles. The van der Waals surface area contributed by atoms with Gasteiger partial charge in [-0.25, -0.2) is 4.79 Å². The van der Waals surface area contributed by atoms with Crippen LogP contribution < -0.4 is 0 Å². The third-order valence-electron chi connectivity index (χ3n) is 2.67. The Morgan fingerprint density at radius 3 is 2.00 bits per heavy atom. The van der Waals surface area contributed by atoms with Crippen molar-refractivity contribution in [2.45, 2.75) is 64.2 Å². The van der Waals surface area contributed by atoms with E-state index in [9.17, 15) is 26.7 Å². The van der Waals surface area contributed by atoms with Crippen LogP contribution in [-0.2, 0) is 9.53 Å². The van der Waals surface area contributed by atoms with E-state index in [0.29, 0.717) is 6.42 Å². The van der Waals surface area contributed by atoms with Gasteiger partial charge < -0.3 is 4.74 Å². The summed E-state index contributed by atoms with van der Waals surface area (Å²) in [7, 11) is 0. The lowest BCUT2D eigenvalue weighted by molar-refractivity contribution is -0.375. The molecule has 0 saturated carbocycles. The Labute approximate surface area is 115 Å². The number of alkyl halides is 5. The van der Waals surface area contributed by atoms with Crippen molar-refractivity contribution in [1.29, 1.82) is 0 Å². The summed E-state index contributed by atoms with van der Waals surface area (Å²) in [6, 6.07) is 0. The highest BCUT2D eigenvalue weighted by Gasteiger charge is 2.62. The number of esters is 1. The predicted octanol–water partition coefficient (Wildman–Crippen LogP) is 4.99. The largest absolute Gasteiger partial charge is 0.501 e. The fourth-order valence-corrected chi connectivity index (χ4v) is 1.47. The molecule has 118 valence electrons. The number of hydrogen-bond acceptors (Lipinski definition) is 2. The Hall–Kier alpha value is -1.14. The third-order valence-corrected chi connectivity index (χ3v) is 2.67. The molecule has 0 aliphatic heterocycles. The Morgan fingerprint density at radius 2 is 1.50 bits per heavy atom. The number of carbonyl (C=O) groups excluding carboxylic acids is 1. The van der Waals surface area contributed by atoms with Gasteiger partial charge in [0.1, 0.15) is 0 Å². The molecule has 20 heavy (non-hydrogen) atoms. The second kappa shape index (κ2) is 8.21. The fourth-order valence-electron chi connectivity index (χ4n) is 1.47. The zero-order valence-corrected chi connectivity index (χ0v) is 11.4. The van der Waals surface area contributed by atoms with Crippen molar-refractivity contribution in [3.8, 4) is 0 Å². The number of halogens is 5. The molecule has 0 aromatic carbocycles. The van der Waals surface area contributed by atoms with E-state index in [1.165, 1.54) is 0 Å². The Morgan fingerprint density at radius 1 is 1.00 bits per heavy atom. The maximum atomic E-state index is 12.5. The number of ether oxygens (including phenoxy) is 1. The maximum Gasteiger partial charge on any atom is 0.501 e. The molecule has 0 bridgehead atoms. The maximum absolute atomic E-state index is 12.5. The van der Waals surface area contributed by atoms with Gasteiger partial charge in [-0.1, -0.05) is 45.6 Å². The van der Waals surface area contributed by atoms with Gasteiger partial charge in [0.2, 0.25) is 0 Å². The summed E-state index contributed by atoms with van der Waals surface area (Å²) >= 11 is 0. The van der Waals surface area contributed by atoms with Crippen molar-refractivity contribution >= 4 is 5.97 Å². The van der Waals surface area contributed by atoms with E-state index in [1.807, 2.05) is 0 Å². The highest BCUT2D eigenvalue weighted by Crippen LogP contribution is 2.36. The molecular weight excluding hydrogens is 283 g/mol. The standard InChI is InChI=1S/C13H19F5O2/c1-3-4-5-6-7-8-9-10(2)11(19)20-13(17,18)12(14,15)16/h2-9H2,1H3. The van der Waals surface area contributed by atoms with Crippen molar-refractivity contribution < 1.29 is 31.5 Å². The summed E-state index contributed by atoms with van der Waals surface area (Å²) in [4.78, 5) is 11.1. The van der Waals surface area contributed by atoms with E-state index in [0.717, 1.165) is 32.1 Å². The summed E-state index contributed by atoms with van der Waals surface area (Å²) in [6.45, 7) is 5.23. The average Bonchev–Trinajstić information content (AvgIpc) is 2.31. The van der Waals surface area contributed by atoms with Gasteiger partial charge in [-0.05, 0) is 12.8 Å². The molecule has 0 aliphatic carbocycles. The zero-order chi connectivity index (χ0) is 15.8. The SMILES string of the molecule is C=C(CCCCCCCC)C(=O)OC(F)(F)C(F)(F)F. The second-order valence-corrected chi connectivity index (χ2v) is 4.53. The third kappa shape index (κ3) is 6.86. The van der Waals surface area contributed by atoms with Gasteiger partial charge in [-0.2, -0.15) is 22.0 Å². The van der Waals surface area contributed by atoms with Crippen molar-refractivity contribution in [1.82, 2.24) is 0 Å². The average molecular weight is 302 g/mol. The molecule has 0 radical (unpaired) electrons. The van der Waals surface area contributed by atoms with Crippen LogP contribution >= 0.6 is 0 Å². The molecule has 0 unspecified atom stereocenters. The van der Waals surface area contributed by atoms with E-state index < -0.39 is 18.3 Å². The highest BCUT2D eigenvalue weighted by molar-refractivity contribution is 5.87. The molecule has 7 heteroatoms. The van der Waals surface area contributed by atoms with Crippen LogP contribution in [0.4, 0.5) is 22.0 Å². The van der Waals surface area contributed by atoms with E-state index >= 15 is 0 Å². The second-order valence-electron chi connectivity index (χ2n) is 4.53. The molecule has 0 aromatic rings. The lowest BCUT2D eigenvalue weighted by Gasteiger charge is -2.19. The lowest BCUT2D eigenvalue weighted by Crippen LogP contribution is -2.41. The molecule has 0 spiro atoms. The first-order valence-electron chi connectivity index (χ1n) is 6.47. The number of hydrogen-bond donors (Lipinski definition) is 0. The van der Waals surface area contributed by atoms with Crippen molar-refractivity contribution in [2.75, 3.05) is 0 Å². The first kappa shape index (κ1) is 18.9. The molecule has 0 fully saturated rings. The van der Waals surface area contributed by atoms with Gasteiger partial charge in [0, 0.05) is 5.57 Å². The van der Waals surface area contributed by atoms with Gasteiger partial charge >= 0.3 is 18.3 Å². The number of carbonyl (C=O) groups is 1. The van der Waals surface area contributed by atoms with Gasteiger partial charge in [-0.3, -0.25) is 0 Å². The van der Waals surface area contributed by atoms with Gasteiger partial charge in [0.05, 0.1) is 0 Å². The minimum Gasteiger partial charge on any atom is -0.390 e. The Balaban J connectivity index is 4.02. The monoisotopic (exact) mass is 302 g/mol. The molecule has 2 nitrogen and oxygen atoms in total. The lowest BCUT2D eigenvalue weighted by atomic mass is 10.1. The van der Waals surface area contributed by atoms with Crippen molar-refractivity contribution in [3.63, 3.8) is 0 Å². The first-order chi connectivity index (χ1) is 9.12. The van der Waals surface area contributed by atoms with Crippen molar-refractivity contribution in [3.05, 3.63) is 12.2 Å². The summed E-state index contributed by atoms with van der Waals surface area (Å²) in [6.07, 6.45) is -5.95. The number of unbranched alkanes of at least 4 members (excludes halogenated alkanes) is 5. The topological polar surface area (TPSA) is 26.3 Å². The van der Waals surface area contributed by atoms with Crippen LogP contribution in [0.1, 0.15) is 51.9 Å². The molecule has 0 rings (SSSR count). The molecule has 0 N–H and O–H groups in total. The van der Waals surface area contributed by atoms with Crippen LogP contribution in [0.25, 0.3) is 0 Å². The van der Waals surface area contributed by atoms with Gasteiger partial charge in [0.25, 0.3) is 0 Å². The summed E-state index contributed by atoms with van der Waals surface area (Å²) in [5, 5.41) is 0. The van der Waals surface area contributed by atoms with Gasteiger partial charge in [0.15, 0.2) is 0 Å². The quantitative estimate of drug-likeness (QED) is 0.259. The van der Waals surface area contributed by atoms with Crippen LogP contribution in [0.3, 0.4) is 0 Å². The van der Waals surface area contributed by atoms with E-state index in [4.69, 9.17) is 0 Å². The first-order valence-corrected chi connectivity index (χ1v) is 6.47. The van der Waals surface area contributed by atoms with E-state index in [1.54, 1.807) is 0 Å². The summed E-state index contributed by atoms with van der Waals surface area (Å²) < 4.78 is 63.6. The van der Waals surface area contributed by atoms with Crippen LogP contribution in [0.2, 0.25) is 0 Å². The Bertz CT molecular complexity index is 323. The van der Waals surface area contributed by atoms with Crippen LogP contribution in [-0.4, -0.2) is 18.3 Å². The van der Waals surface area contributed by atoms with E-state index in [-0.39, 0.29) is 12.0 Å². The minimum atomic E-state index is -5.91. The smallest absolute Gasteiger partial charge is 0.390 e. The molecular formula is C13H19F5O2. The van der Waals surface area contributed by atoms with E-state index in [2.05, 4.69) is 18.2 Å². The van der Waals surface area contributed by atoms with Crippen LogP contribution in [0.15, 0.2) is 12.2 Å². The molecule has 0 heterocycles.